The van der Waals surface area contributed by atoms with Gasteiger partial charge in [0.15, 0.2) is 0 Å². The van der Waals surface area contributed by atoms with Gasteiger partial charge >= 0.3 is 0 Å². The van der Waals surface area contributed by atoms with E-state index in [2.05, 4.69) is 10.4 Å². The summed E-state index contributed by atoms with van der Waals surface area (Å²) in [6.07, 6.45) is 3.60. The normalized spacial score (nSPS) is 29.6. The molecule has 5 nitrogen and oxygen atoms in total. The Morgan fingerprint density at radius 2 is 1.83 bits per heavy atom. The third-order valence-corrected chi connectivity index (χ3v) is 4.97. The van der Waals surface area contributed by atoms with E-state index in [4.69, 9.17) is 0 Å². The first-order chi connectivity index (χ1) is 11.1. The Hall–Kier alpha value is -1.98. The van der Waals surface area contributed by atoms with E-state index in [9.17, 15) is 9.90 Å². The number of benzene rings is 1. The highest BCUT2D eigenvalue weighted by atomic mass is 16.3. The molecule has 0 saturated carbocycles. The van der Waals surface area contributed by atoms with E-state index >= 15 is 0 Å². The highest BCUT2D eigenvalue weighted by Crippen LogP contribution is 2.34. The zero-order chi connectivity index (χ0) is 15.9. The lowest BCUT2D eigenvalue weighted by Crippen LogP contribution is -2.51. The molecule has 1 aromatic carbocycles. The lowest BCUT2D eigenvalue weighted by atomic mass is 9.87. The molecule has 5 heteroatoms. The number of nitrogens with one attached hydrogen (secondary N) is 1. The average molecular weight is 311 g/mol. The summed E-state index contributed by atoms with van der Waals surface area (Å²) in [6.45, 7) is 0.265. The third-order valence-electron chi connectivity index (χ3n) is 4.97. The zero-order valence-electron chi connectivity index (χ0n) is 13.0. The van der Waals surface area contributed by atoms with Crippen LogP contribution in [-0.4, -0.2) is 32.6 Å². The van der Waals surface area contributed by atoms with Gasteiger partial charge in [0.25, 0.3) is 5.56 Å². The number of piperidine rings is 1. The minimum atomic E-state index is -0.844. The van der Waals surface area contributed by atoms with Crippen molar-refractivity contribution in [1.29, 1.82) is 0 Å². The van der Waals surface area contributed by atoms with Crippen LogP contribution in [0.1, 0.15) is 25.7 Å². The summed E-state index contributed by atoms with van der Waals surface area (Å²) >= 11 is 0. The van der Waals surface area contributed by atoms with Gasteiger partial charge in [-0.1, -0.05) is 30.3 Å². The van der Waals surface area contributed by atoms with Crippen LogP contribution in [-0.2, 0) is 6.54 Å². The molecule has 0 spiro atoms. The molecule has 3 heterocycles. The highest BCUT2D eigenvalue weighted by molar-refractivity contribution is 5.57. The van der Waals surface area contributed by atoms with Gasteiger partial charge in [-0.3, -0.25) is 4.79 Å². The van der Waals surface area contributed by atoms with Crippen LogP contribution in [0.15, 0.2) is 47.3 Å². The number of fused-ring (bicyclic) bond motifs is 2. The first-order valence-electron chi connectivity index (χ1n) is 8.23. The second-order valence-electron chi connectivity index (χ2n) is 6.85. The molecule has 2 unspecified atom stereocenters. The maximum absolute atomic E-state index is 12.2. The molecule has 2 aromatic rings. The topological polar surface area (TPSA) is 67.2 Å². The minimum Gasteiger partial charge on any atom is -0.388 e. The minimum absolute atomic E-state index is 0.163. The fraction of sp³-hybridized carbons (Fsp3) is 0.444. The lowest BCUT2D eigenvalue weighted by Gasteiger charge is -2.37. The van der Waals surface area contributed by atoms with Crippen molar-refractivity contribution in [2.45, 2.75) is 49.9 Å². The van der Waals surface area contributed by atoms with E-state index in [0.29, 0.717) is 24.9 Å². The number of hydrogen-bond donors (Lipinski definition) is 2. The quantitative estimate of drug-likeness (QED) is 0.903. The van der Waals surface area contributed by atoms with Crippen LogP contribution in [0.2, 0.25) is 0 Å². The van der Waals surface area contributed by atoms with Crippen molar-refractivity contribution in [3.63, 3.8) is 0 Å². The maximum Gasteiger partial charge on any atom is 0.266 e. The Balaban J connectivity index is 1.63. The van der Waals surface area contributed by atoms with Crippen LogP contribution in [0.5, 0.6) is 0 Å². The third kappa shape index (κ3) is 2.94. The Morgan fingerprint density at radius 1 is 1.13 bits per heavy atom. The molecule has 0 radical (unpaired) electrons. The predicted molar refractivity (Wildman–Crippen MR) is 88.1 cm³/mol. The molecule has 2 fully saturated rings. The fourth-order valence-corrected chi connectivity index (χ4v) is 3.96. The first kappa shape index (κ1) is 14.6. The van der Waals surface area contributed by atoms with Crippen molar-refractivity contribution in [3.05, 3.63) is 52.8 Å². The van der Waals surface area contributed by atoms with Gasteiger partial charge in [-0.05, 0) is 31.7 Å². The Kier molecular flexibility index (Phi) is 3.54. The molecule has 2 bridgehead atoms. The van der Waals surface area contributed by atoms with E-state index in [1.807, 2.05) is 30.3 Å². The summed E-state index contributed by atoms with van der Waals surface area (Å²) in [7, 11) is 0. The molecular weight excluding hydrogens is 290 g/mol. The van der Waals surface area contributed by atoms with Gasteiger partial charge < -0.3 is 10.4 Å². The van der Waals surface area contributed by atoms with E-state index in [0.717, 1.165) is 24.1 Å². The monoisotopic (exact) mass is 311 g/mol. The van der Waals surface area contributed by atoms with Crippen molar-refractivity contribution in [2.24, 2.45) is 0 Å². The first-order valence-corrected chi connectivity index (χ1v) is 8.23. The van der Waals surface area contributed by atoms with Gasteiger partial charge in [0.1, 0.15) is 0 Å². The highest BCUT2D eigenvalue weighted by Gasteiger charge is 2.42. The van der Waals surface area contributed by atoms with Crippen molar-refractivity contribution >= 4 is 0 Å². The van der Waals surface area contributed by atoms with Gasteiger partial charge in [0, 0.05) is 23.7 Å². The molecule has 4 rings (SSSR count). The zero-order valence-corrected chi connectivity index (χ0v) is 13.0. The molecule has 2 atom stereocenters. The maximum atomic E-state index is 12.2. The smallest absolute Gasteiger partial charge is 0.266 e. The number of hydrogen-bond acceptors (Lipinski definition) is 4. The fourth-order valence-electron chi connectivity index (χ4n) is 3.96. The van der Waals surface area contributed by atoms with E-state index in [1.54, 1.807) is 6.07 Å². The summed E-state index contributed by atoms with van der Waals surface area (Å²) < 4.78 is 1.42. The van der Waals surface area contributed by atoms with Crippen molar-refractivity contribution in [1.82, 2.24) is 15.1 Å². The van der Waals surface area contributed by atoms with Crippen LogP contribution in [0.3, 0.4) is 0 Å². The predicted octanol–water partition coefficient (Wildman–Crippen LogP) is 1.56. The average Bonchev–Trinajstić information content (AvgIpc) is 2.90. The molecule has 2 N–H and O–H groups in total. The number of nitrogens with zero attached hydrogens (tertiary/aromatic N) is 2. The molecule has 2 saturated heterocycles. The molecule has 2 aliphatic heterocycles. The molecular formula is C18H21N3O2. The molecule has 1 aromatic heterocycles. The van der Waals surface area contributed by atoms with Crippen LogP contribution in [0.25, 0.3) is 11.3 Å². The molecule has 23 heavy (non-hydrogen) atoms. The van der Waals surface area contributed by atoms with Gasteiger partial charge in [0.05, 0.1) is 17.8 Å². The van der Waals surface area contributed by atoms with Crippen LogP contribution < -0.4 is 10.9 Å². The van der Waals surface area contributed by atoms with Crippen molar-refractivity contribution < 1.29 is 5.11 Å². The van der Waals surface area contributed by atoms with Crippen LogP contribution >= 0.6 is 0 Å². The Morgan fingerprint density at radius 3 is 2.52 bits per heavy atom. The number of aromatic nitrogens is 2. The van der Waals surface area contributed by atoms with Crippen LogP contribution in [0, 0.1) is 0 Å². The Bertz CT molecular complexity index is 744. The largest absolute Gasteiger partial charge is 0.388 e. The van der Waals surface area contributed by atoms with Gasteiger partial charge in [0.2, 0.25) is 0 Å². The van der Waals surface area contributed by atoms with E-state index in [1.165, 1.54) is 10.7 Å². The van der Waals surface area contributed by atoms with Gasteiger partial charge in [-0.2, -0.15) is 5.10 Å². The van der Waals surface area contributed by atoms with Crippen molar-refractivity contribution in [3.8, 4) is 11.3 Å². The standard InChI is InChI=1S/C18H21N3O2/c22-17-9-8-16(13-4-2-1-3-5-13)20-21(17)12-18(23)10-14-6-7-15(11-18)19-14/h1-5,8-9,14-15,19,23H,6-7,10-12H2. The molecule has 2 aliphatic rings. The lowest BCUT2D eigenvalue weighted by molar-refractivity contribution is -0.0249. The van der Waals surface area contributed by atoms with Gasteiger partial charge in [-0.15, -0.1) is 0 Å². The van der Waals surface area contributed by atoms with Gasteiger partial charge in [-0.25, -0.2) is 4.68 Å². The summed E-state index contributed by atoms with van der Waals surface area (Å²) in [5.74, 6) is 0. The second-order valence-corrected chi connectivity index (χ2v) is 6.85. The Labute approximate surface area is 135 Å². The molecule has 120 valence electrons. The van der Waals surface area contributed by atoms with Crippen molar-refractivity contribution in [2.75, 3.05) is 0 Å². The summed E-state index contributed by atoms with van der Waals surface area (Å²) in [5.41, 5.74) is 0.719. The number of aliphatic hydroxyl groups is 1. The number of rotatable bonds is 3. The second kappa shape index (κ2) is 5.58. The summed E-state index contributed by atoms with van der Waals surface area (Å²) in [5, 5.41) is 18.9. The van der Waals surface area contributed by atoms with Crippen LogP contribution in [0.4, 0.5) is 0 Å². The van der Waals surface area contributed by atoms with E-state index in [-0.39, 0.29) is 12.1 Å². The summed E-state index contributed by atoms with van der Waals surface area (Å²) in [6, 6.07) is 13.8. The molecule has 0 aliphatic carbocycles. The molecule has 0 amide bonds. The summed E-state index contributed by atoms with van der Waals surface area (Å²) in [4.78, 5) is 12.2. The van der Waals surface area contributed by atoms with E-state index < -0.39 is 5.60 Å². The SMILES string of the molecule is O=c1ccc(-c2ccccc2)nn1CC1(O)CC2CCC(C1)N2.